The van der Waals surface area contributed by atoms with Crippen LogP contribution in [0.4, 0.5) is 0 Å². The van der Waals surface area contributed by atoms with E-state index in [9.17, 15) is 0 Å². The van der Waals surface area contributed by atoms with Crippen molar-refractivity contribution in [3.63, 3.8) is 0 Å². The van der Waals surface area contributed by atoms with Crippen molar-refractivity contribution in [2.45, 2.75) is 0 Å². The first kappa shape index (κ1) is 83.6. The summed E-state index contributed by atoms with van der Waals surface area (Å²) in [6, 6.07) is 167. The van der Waals surface area contributed by atoms with Gasteiger partial charge in [0.1, 0.15) is 27.8 Å². The Kier molecular flexibility index (Phi) is 20.5. The van der Waals surface area contributed by atoms with Crippen molar-refractivity contribution >= 4 is 131 Å². The van der Waals surface area contributed by atoms with Crippen LogP contribution in [0.2, 0.25) is 0 Å². The lowest BCUT2D eigenvalue weighted by Gasteiger charge is -2.14. The number of furan rings is 3. The summed E-state index contributed by atoms with van der Waals surface area (Å²) < 4.78 is 26.7. The van der Waals surface area contributed by atoms with Crippen molar-refractivity contribution in [1.29, 1.82) is 0 Å². The summed E-state index contributed by atoms with van der Waals surface area (Å²) in [6.45, 7) is 0. The van der Waals surface area contributed by atoms with Gasteiger partial charge in [0, 0.05) is 109 Å². The van der Waals surface area contributed by atoms with E-state index in [0.29, 0.717) is 52.7 Å². The van der Waals surface area contributed by atoms with Crippen molar-refractivity contribution in [2.75, 3.05) is 0 Å². The maximum Gasteiger partial charge on any atom is 0.238 e. The highest BCUT2D eigenvalue weighted by Crippen LogP contribution is 2.48. The SMILES string of the molecule is c1ccc(-c2ccc(-c3nc(-c4ccccc4)nc(-c4ccccc4-n4c5ccccc5c5ccc6c7ccccc7oc6c54)n3)cc2)cc1.c1ccc(-c2ccc(-c3nc(-c4ccccc4)nc(-n4c5ccccc5c5ccc6c7cccc(-c8ccccc8)c7oc6c54)n3)cc2)cc1.c1ccc(-c2ccc(-c3nc(-c4ccccc4)nc(-n4c5ccccc5c5ccc6c7ccccc7oc6c54)n3)cc2)cc1. The van der Waals surface area contributed by atoms with Crippen molar-refractivity contribution < 1.29 is 13.3 Å². The molecule has 0 fully saturated rings. The van der Waals surface area contributed by atoms with E-state index in [4.69, 9.17) is 58.1 Å². The zero-order valence-electron chi connectivity index (χ0n) is 77.3. The molecular weight excluding hydrogens is 1770 g/mol. The van der Waals surface area contributed by atoms with Gasteiger partial charge in [-0.15, -0.1) is 0 Å². The summed E-state index contributed by atoms with van der Waals surface area (Å²) in [5, 5.41) is 13.1. The average molecular weight is 1850 g/mol. The Balaban J connectivity index is 0.000000108. The van der Waals surface area contributed by atoms with Crippen molar-refractivity contribution in [3.05, 3.63) is 485 Å². The Morgan fingerprint density at radius 1 is 0.139 bits per heavy atom. The van der Waals surface area contributed by atoms with Gasteiger partial charge in [-0.25, -0.2) is 24.9 Å². The molecule has 0 aliphatic heterocycles. The summed E-state index contributed by atoms with van der Waals surface area (Å²) in [6.07, 6.45) is 0. The highest BCUT2D eigenvalue weighted by atomic mass is 16.3. The Morgan fingerprint density at radius 3 is 0.771 bits per heavy atom. The van der Waals surface area contributed by atoms with Crippen LogP contribution in [0.5, 0.6) is 0 Å². The number of fused-ring (bicyclic) bond motifs is 21. The molecule has 0 aliphatic rings. The van der Waals surface area contributed by atoms with E-state index in [0.717, 1.165) is 209 Å². The van der Waals surface area contributed by atoms with Gasteiger partial charge in [-0.1, -0.05) is 425 Å². The van der Waals surface area contributed by atoms with Crippen LogP contribution in [0.3, 0.4) is 0 Å². The van der Waals surface area contributed by atoms with Gasteiger partial charge in [0.05, 0.1) is 27.8 Å². The summed E-state index contributed by atoms with van der Waals surface area (Å²) in [7, 11) is 0. The van der Waals surface area contributed by atoms with Gasteiger partial charge in [-0.05, 0) is 99.6 Å². The third kappa shape index (κ3) is 14.7. The fourth-order valence-electron chi connectivity index (χ4n) is 20.4. The average Bonchev–Trinajstić information content (AvgIpc) is 1.56. The molecule has 0 saturated carbocycles. The first-order chi connectivity index (χ1) is 71.4. The summed E-state index contributed by atoms with van der Waals surface area (Å²) in [5.41, 5.74) is 27.5. The molecule has 20 aromatic carbocycles. The molecule has 0 bridgehead atoms. The topological polar surface area (TPSA) is 170 Å². The first-order valence-electron chi connectivity index (χ1n) is 48.0. The Hall–Kier alpha value is -19.8. The fourth-order valence-corrected chi connectivity index (χ4v) is 20.4. The van der Waals surface area contributed by atoms with Crippen LogP contribution >= 0.6 is 0 Å². The van der Waals surface area contributed by atoms with Crippen LogP contribution in [0.1, 0.15) is 0 Å². The quantitative estimate of drug-likeness (QED) is 0.101. The molecule has 144 heavy (non-hydrogen) atoms. The van der Waals surface area contributed by atoms with Gasteiger partial charge in [0.2, 0.25) is 11.9 Å². The van der Waals surface area contributed by atoms with Crippen LogP contribution in [0.15, 0.2) is 499 Å². The minimum Gasteiger partial charge on any atom is -0.454 e. The predicted octanol–water partition coefficient (Wildman–Crippen LogP) is 32.9. The maximum atomic E-state index is 6.94. The standard InChI is InChI=1S/2C45H28N4O.C39H24N4O/c1-4-13-29(14-5-1)30-23-25-33(26-24-30)44-46-43(32-17-8-3-9-18-32)47-45(48-44)49-39-22-11-10-19-35(39)36-27-28-38-37-21-12-20-34(31-15-6-2-7-16-31)41(37)50-42(38)40(36)49;1-3-13-29(14-4-1)30-23-25-32(26-24-30)44-46-43(31-15-5-2-6-16-31)47-45(48-44)37-19-8-11-21-39(37)49-38-20-10-7-17-33(38)35-27-28-36-34-18-9-12-22-40(34)50-42(36)41(35)49;1-3-11-25(12-4-1)26-19-21-28(22-20-26)38-40-37(27-13-5-2-6-14-27)41-39(42-38)43-33-17-9-7-15-29(33)31-23-24-32-30-16-8-10-18-34(30)44-36(32)35(31)43/h2*1-28H;1-24H. The second kappa shape index (κ2) is 35.3. The lowest BCUT2D eigenvalue weighted by molar-refractivity contribution is 0.670. The van der Waals surface area contributed by atoms with Crippen molar-refractivity contribution in [2.24, 2.45) is 0 Å². The second-order valence-corrected chi connectivity index (χ2v) is 35.7. The number of aromatic nitrogens is 12. The molecule has 0 saturated heterocycles. The normalized spacial score (nSPS) is 11.6. The molecule has 29 rings (SSSR count). The summed E-state index contributed by atoms with van der Waals surface area (Å²) in [5.74, 6) is 5.33. The van der Waals surface area contributed by atoms with Gasteiger partial charge in [-0.2, -0.15) is 19.9 Å². The number of benzene rings is 20. The summed E-state index contributed by atoms with van der Waals surface area (Å²) in [4.78, 5) is 45.9. The van der Waals surface area contributed by atoms with E-state index in [1.807, 2.05) is 152 Å². The molecule has 29 aromatic rings. The van der Waals surface area contributed by atoms with Gasteiger partial charge < -0.3 is 17.8 Å². The van der Waals surface area contributed by atoms with Crippen LogP contribution in [0.25, 0.3) is 273 Å². The molecule has 15 nitrogen and oxygen atoms in total. The highest BCUT2D eigenvalue weighted by Gasteiger charge is 2.29. The predicted molar refractivity (Wildman–Crippen MR) is 584 cm³/mol. The fraction of sp³-hybridized carbons (Fsp3) is 0. The lowest BCUT2D eigenvalue weighted by atomic mass is 10.0. The number of rotatable bonds is 14. The van der Waals surface area contributed by atoms with Crippen molar-refractivity contribution in [1.82, 2.24) is 58.6 Å². The third-order valence-electron chi connectivity index (χ3n) is 27.3. The molecule has 0 spiro atoms. The molecule has 0 aliphatic carbocycles. The minimum atomic E-state index is 0.531. The molecule has 9 heterocycles. The molecule has 9 aromatic heterocycles. The number of hydrogen-bond donors (Lipinski definition) is 0. The van der Waals surface area contributed by atoms with Crippen LogP contribution in [0, 0.1) is 0 Å². The van der Waals surface area contributed by atoms with E-state index < -0.39 is 0 Å². The van der Waals surface area contributed by atoms with Gasteiger partial charge >= 0.3 is 0 Å². The Labute approximate surface area is 824 Å². The van der Waals surface area contributed by atoms with E-state index in [-0.39, 0.29) is 0 Å². The second-order valence-electron chi connectivity index (χ2n) is 35.7. The summed E-state index contributed by atoms with van der Waals surface area (Å²) >= 11 is 0. The third-order valence-corrected chi connectivity index (χ3v) is 27.3. The van der Waals surface area contributed by atoms with E-state index in [1.54, 1.807) is 0 Å². The van der Waals surface area contributed by atoms with Crippen molar-refractivity contribution in [3.8, 4) is 142 Å². The Morgan fingerprint density at radius 2 is 0.382 bits per heavy atom. The van der Waals surface area contributed by atoms with Crippen LogP contribution in [-0.4, -0.2) is 58.6 Å². The molecule has 0 N–H and O–H groups in total. The zero-order valence-corrected chi connectivity index (χ0v) is 77.3. The number of nitrogens with zero attached hydrogens (tertiary/aromatic N) is 12. The van der Waals surface area contributed by atoms with E-state index in [1.165, 1.54) is 11.1 Å². The van der Waals surface area contributed by atoms with E-state index >= 15 is 0 Å². The number of para-hydroxylation sites is 7. The lowest BCUT2D eigenvalue weighted by Crippen LogP contribution is -2.06. The zero-order chi connectivity index (χ0) is 95.1. The monoisotopic (exact) mass is 1840 g/mol. The molecule has 0 unspecified atom stereocenters. The molecule has 0 atom stereocenters. The van der Waals surface area contributed by atoms with Crippen LogP contribution in [-0.2, 0) is 0 Å². The Bertz CT molecular complexity index is 9990. The first-order valence-corrected chi connectivity index (χ1v) is 48.0. The van der Waals surface area contributed by atoms with Crippen LogP contribution < -0.4 is 0 Å². The van der Waals surface area contributed by atoms with E-state index in [2.05, 4.69) is 347 Å². The smallest absolute Gasteiger partial charge is 0.238 e. The van der Waals surface area contributed by atoms with Gasteiger partial charge in [0.15, 0.2) is 57.5 Å². The highest BCUT2D eigenvalue weighted by molar-refractivity contribution is 6.25. The molecule has 15 heteroatoms. The minimum absolute atomic E-state index is 0.531. The molecule has 674 valence electrons. The largest absolute Gasteiger partial charge is 0.454 e. The molecule has 0 amide bonds. The molecular formula is C129H80N12O3. The maximum absolute atomic E-state index is 6.94. The van der Waals surface area contributed by atoms with Gasteiger partial charge in [0.25, 0.3) is 0 Å². The number of hydrogen-bond acceptors (Lipinski definition) is 12. The molecule has 0 radical (unpaired) electrons. The van der Waals surface area contributed by atoms with Gasteiger partial charge in [-0.3, -0.25) is 9.13 Å².